The van der Waals surface area contributed by atoms with E-state index in [1.807, 2.05) is 13.1 Å². The standard InChI is InChI=1S/C15H20N4OS2/c1-10-6-19(7-12-5-16-11(2)22-12)4-3-13(10)18-15(20)14-8-21-9-17-14/h5,8-10,13H,3-4,6-7H2,1-2H3,(H,18,20)/t10-,13-/m1/s1. The Hall–Kier alpha value is -1.31. The number of thiazole rings is 2. The molecular formula is C15H20N4OS2. The van der Waals surface area contributed by atoms with E-state index >= 15 is 0 Å². The van der Waals surface area contributed by atoms with Gasteiger partial charge in [0.1, 0.15) is 5.69 Å². The van der Waals surface area contributed by atoms with Gasteiger partial charge >= 0.3 is 0 Å². The van der Waals surface area contributed by atoms with Gasteiger partial charge < -0.3 is 5.32 Å². The third kappa shape index (κ3) is 3.71. The molecular weight excluding hydrogens is 316 g/mol. The van der Waals surface area contributed by atoms with Crippen LogP contribution >= 0.6 is 22.7 Å². The molecule has 0 saturated carbocycles. The monoisotopic (exact) mass is 336 g/mol. The summed E-state index contributed by atoms with van der Waals surface area (Å²) >= 11 is 3.21. The Morgan fingerprint density at radius 3 is 3.00 bits per heavy atom. The molecule has 7 heteroatoms. The first-order valence-electron chi connectivity index (χ1n) is 7.44. The van der Waals surface area contributed by atoms with Gasteiger partial charge in [0, 0.05) is 42.1 Å². The van der Waals surface area contributed by atoms with Gasteiger partial charge in [-0.3, -0.25) is 9.69 Å². The van der Waals surface area contributed by atoms with E-state index in [-0.39, 0.29) is 11.9 Å². The summed E-state index contributed by atoms with van der Waals surface area (Å²) in [5, 5.41) is 6.04. The fourth-order valence-corrected chi connectivity index (χ4v) is 4.23. The molecule has 0 aliphatic carbocycles. The fourth-order valence-electron chi connectivity index (χ4n) is 2.86. The van der Waals surface area contributed by atoms with Gasteiger partial charge in [-0.25, -0.2) is 9.97 Å². The van der Waals surface area contributed by atoms with E-state index in [4.69, 9.17) is 0 Å². The first kappa shape index (κ1) is 15.6. The molecule has 5 nitrogen and oxygen atoms in total. The zero-order valence-corrected chi connectivity index (χ0v) is 14.4. The quantitative estimate of drug-likeness (QED) is 0.932. The minimum Gasteiger partial charge on any atom is -0.348 e. The minimum atomic E-state index is -0.0513. The summed E-state index contributed by atoms with van der Waals surface area (Å²) in [6.45, 7) is 7.21. The van der Waals surface area contributed by atoms with Gasteiger partial charge in [-0.05, 0) is 19.3 Å². The first-order valence-corrected chi connectivity index (χ1v) is 9.20. The molecule has 1 aliphatic rings. The molecule has 2 aromatic rings. The summed E-state index contributed by atoms with van der Waals surface area (Å²) in [6, 6.07) is 0.230. The highest BCUT2D eigenvalue weighted by atomic mass is 32.1. The van der Waals surface area contributed by atoms with Crippen LogP contribution < -0.4 is 5.32 Å². The average Bonchev–Trinajstić information content (AvgIpc) is 3.13. The Labute approximate surface area is 138 Å². The molecule has 22 heavy (non-hydrogen) atoms. The highest BCUT2D eigenvalue weighted by Crippen LogP contribution is 2.21. The van der Waals surface area contributed by atoms with E-state index in [0.717, 1.165) is 31.1 Å². The van der Waals surface area contributed by atoms with Crippen molar-refractivity contribution in [1.29, 1.82) is 0 Å². The molecule has 0 radical (unpaired) electrons. The van der Waals surface area contributed by atoms with Gasteiger partial charge in [0.05, 0.1) is 10.5 Å². The Kier molecular flexibility index (Phi) is 4.85. The predicted octanol–water partition coefficient (Wildman–Crippen LogP) is 2.55. The molecule has 1 N–H and O–H groups in total. The largest absolute Gasteiger partial charge is 0.348 e. The summed E-state index contributed by atoms with van der Waals surface area (Å²) in [4.78, 5) is 24.3. The van der Waals surface area contributed by atoms with Crippen molar-refractivity contribution in [2.75, 3.05) is 13.1 Å². The van der Waals surface area contributed by atoms with Crippen LogP contribution in [0.1, 0.15) is 33.7 Å². The number of nitrogens with one attached hydrogen (secondary N) is 1. The Balaban J connectivity index is 1.52. The Bertz CT molecular complexity index is 625. The molecule has 0 unspecified atom stereocenters. The predicted molar refractivity (Wildman–Crippen MR) is 89.3 cm³/mol. The molecule has 3 rings (SSSR count). The molecule has 0 aromatic carbocycles. The number of aryl methyl sites for hydroxylation is 1. The Morgan fingerprint density at radius 2 is 2.36 bits per heavy atom. The molecule has 2 atom stereocenters. The number of piperidine rings is 1. The zero-order valence-electron chi connectivity index (χ0n) is 12.8. The molecule has 1 saturated heterocycles. The van der Waals surface area contributed by atoms with Crippen LogP contribution in [0.15, 0.2) is 17.1 Å². The first-order chi connectivity index (χ1) is 10.6. The number of likely N-dealkylation sites (tertiary alicyclic amines) is 1. The summed E-state index contributed by atoms with van der Waals surface area (Å²) in [7, 11) is 0. The lowest BCUT2D eigenvalue weighted by Gasteiger charge is -2.36. The highest BCUT2D eigenvalue weighted by molar-refractivity contribution is 7.11. The lowest BCUT2D eigenvalue weighted by atomic mass is 9.93. The van der Waals surface area contributed by atoms with Gasteiger partial charge in [-0.1, -0.05) is 6.92 Å². The van der Waals surface area contributed by atoms with Crippen LogP contribution in [0.4, 0.5) is 0 Å². The average molecular weight is 336 g/mol. The summed E-state index contributed by atoms with van der Waals surface area (Å²) < 4.78 is 0. The maximum absolute atomic E-state index is 12.1. The van der Waals surface area contributed by atoms with Crippen LogP contribution in [0.2, 0.25) is 0 Å². The number of rotatable bonds is 4. The van der Waals surface area contributed by atoms with Crippen molar-refractivity contribution in [1.82, 2.24) is 20.2 Å². The van der Waals surface area contributed by atoms with Crippen LogP contribution in [0.5, 0.6) is 0 Å². The van der Waals surface area contributed by atoms with Crippen molar-refractivity contribution in [2.45, 2.75) is 32.9 Å². The van der Waals surface area contributed by atoms with Crippen LogP contribution in [-0.4, -0.2) is 39.9 Å². The smallest absolute Gasteiger partial charge is 0.270 e. The summed E-state index contributed by atoms with van der Waals surface area (Å²) in [5.41, 5.74) is 2.22. The zero-order chi connectivity index (χ0) is 15.5. The molecule has 1 aliphatic heterocycles. The van der Waals surface area contributed by atoms with E-state index in [1.165, 1.54) is 16.2 Å². The molecule has 0 bridgehead atoms. The fraction of sp³-hybridized carbons (Fsp3) is 0.533. The van der Waals surface area contributed by atoms with Crippen molar-refractivity contribution in [2.24, 2.45) is 5.92 Å². The van der Waals surface area contributed by atoms with Crippen molar-refractivity contribution in [3.05, 3.63) is 32.7 Å². The molecule has 1 fully saturated rings. The van der Waals surface area contributed by atoms with Gasteiger partial charge in [0.15, 0.2) is 0 Å². The molecule has 3 heterocycles. The SMILES string of the molecule is Cc1ncc(CN2CC[C@@H](NC(=O)c3cscn3)[C@H](C)C2)s1. The van der Waals surface area contributed by atoms with Crippen molar-refractivity contribution in [3.63, 3.8) is 0 Å². The maximum Gasteiger partial charge on any atom is 0.270 e. The topological polar surface area (TPSA) is 58.1 Å². The van der Waals surface area contributed by atoms with Crippen LogP contribution in [0.25, 0.3) is 0 Å². The molecule has 0 spiro atoms. The van der Waals surface area contributed by atoms with E-state index in [1.54, 1.807) is 22.2 Å². The van der Waals surface area contributed by atoms with E-state index in [0.29, 0.717) is 11.6 Å². The van der Waals surface area contributed by atoms with Gasteiger partial charge in [0.25, 0.3) is 5.91 Å². The highest BCUT2D eigenvalue weighted by Gasteiger charge is 2.28. The van der Waals surface area contributed by atoms with Crippen molar-refractivity contribution >= 4 is 28.6 Å². The van der Waals surface area contributed by atoms with Gasteiger partial charge in [-0.15, -0.1) is 22.7 Å². The number of carbonyl (C=O) groups is 1. The van der Waals surface area contributed by atoms with E-state index < -0.39 is 0 Å². The van der Waals surface area contributed by atoms with Gasteiger partial charge in [0.2, 0.25) is 0 Å². The summed E-state index contributed by atoms with van der Waals surface area (Å²) in [5.74, 6) is 0.384. The number of amides is 1. The maximum atomic E-state index is 12.1. The normalized spacial score (nSPS) is 22.6. The number of carbonyl (C=O) groups excluding carboxylic acids is 1. The van der Waals surface area contributed by atoms with E-state index in [2.05, 4.69) is 27.1 Å². The van der Waals surface area contributed by atoms with Crippen molar-refractivity contribution in [3.8, 4) is 0 Å². The van der Waals surface area contributed by atoms with Gasteiger partial charge in [-0.2, -0.15) is 0 Å². The lowest BCUT2D eigenvalue weighted by Crippen LogP contribution is -2.49. The third-order valence-corrected chi connectivity index (χ3v) is 5.50. The number of aromatic nitrogens is 2. The third-order valence-electron chi connectivity index (χ3n) is 4.02. The second-order valence-corrected chi connectivity index (χ2v) is 7.84. The number of nitrogens with zero attached hydrogens (tertiary/aromatic N) is 3. The van der Waals surface area contributed by atoms with Crippen molar-refractivity contribution < 1.29 is 4.79 Å². The second kappa shape index (κ2) is 6.85. The molecule has 118 valence electrons. The lowest BCUT2D eigenvalue weighted by molar-refractivity contribution is 0.0857. The summed E-state index contributed by atoms with van der Waals surface area (Å²) in [6.07, 6.45) is 2.95. The second-order valence-electron chi connectivity index (χ2n) is 5.80. The molecule has 1 amide bonds. The van der Waals surface area contributed by atoms with Crippen LogP contribution in [-0.2, 0) is 6.54 Å². The number of hydrogen-bond acceptors (Lipinski definition) is 6. The van der Waals surface area contributed by atoms with Crippen LogP contribution in [0, 0.1) is 12.8 Å². The molecule has 2 aromatic heterocycles. The minimum absolute atomic E-state index is 0.0513. The number of hydrogen-bond donors (Lipinski definition) is 1. The Morgan fingerprint density at radius 1 is 1.50 bits per heavy atom. The van der Waals surface area contributed by atoms with Crippen LogP contribution in [0.3, 0.4) is 0 Å². The van der Waals surface area contributed by atoms with E-state index in [9.17, 15) is 4.79 Å².